The van der Waals surface area contributed by atoms with Gasteiger partial charge in [0.25, 0.3) is 0 Å². The molecule has 1 saturated heterocycles. The Morgan fingerprint density at radius 3 is 2.83 bits per heavy atom. The summed E-state index contributed by atoms with van der Waals surface area (Å²) in [5.41, 5.74) is 0.814. The van der Waals surface area contributed by atoms with Crippen LogP contribution in [0.2, 0.25) is 0 Å². The van der Waals surface area contributed by atoms with Crippen LogP contribution in [0.15, 0.2) is 28.7 Å². The quantitative estimate of drug-likeness (QED) is 0.842. The Labute approximate surface area is 116 Å². The summed E-state index contributed by atoms with van der Waals surface area (Å²) in [4.78, 5) is 15.7. The predicted molar refractivity (Wildman–Crippen MR) is 74.9 cm³/mol. The first-order valence-electron chi connectivity index (χ1n) is 5.95. The molecule has 0 unspecified atom stereocenters. The standard InChI is InChI=1S/C13H17BrN2O2/c1-15-8-7-10(9-15)18-13(17)16(2)12-6-4-3-5-11(12)14/h3-6,10H,7-9H2,1-2H3/t10-/m0/s1. The molecule has 0 aromatic heterocycles. The number of likely N-dealkylation sites (N-methyl/N-ethyl adjacent to an activating group) is 1. The first-order chi connectivity index (χ1) is 8.58. The molecule has 1 heterocycles. The van der Waals surface area contributed by atoms with Gasteiger partial charge in [-0.1, -0.05) is 12.1 Å². The molecule has 0 saturated carbocycles. The smallest absolute Gasteiger partial charge is 0.414 e. The van der Waals surface area contributed by atoms with Crippen LogP contribution in [0, 0.1) is 0 Å². The largest absolute Gasteiger partial charge is 0.444 e. The Morgan fingerprint density at radius 2 is 2.22 bits per heavy atom. The number of ether oxygens (including phenoxy) is 1. The van der Waals surface area contributed by atoms with E-state index in [4.69, 9.17) is 4.74 Å². The van der Waals surface area contributed by atoms with Gasteiger partial charge in [0.2, 0.25) is 0 Å². The van der Waals surface area contributed by atoms with Gasteiger partial charge in [0, 0.05) is 24.6 Å². The van der Waals surface area contributed by atoms with E-state index in [-0.39, 0.29) is 12.2 Å². The van der Waals surface area contributed by atoms with Gasteiger partial charge in [-0.3, -0.25) is 4.90 Å². The Morgan fingerprint density at radius 1 is 1.50 bits per heavy atom. The SMILES string of the molecule is CN1CC[C@H](OC(=O)N(C)c2ccccc2Br)C1. The Hall–Kier alpha value is -1.07. The minimum Gasteiger partial charge on any atom is -0.444 e. The van der Waals surface area contributed by atoms with Gasteiger partial charge in [-0.05, 0) is 41.5 Å². The number of anilines is 1. The fraction of sp³-hybridized carbons (Fsp3) is 0.462. The number of likely N-dealkylation sites (tertiary alicyclic amines) is 1. The molecule has 1 aliphatic rings. The van der Waals surface area contributed by atoms with Crippen molar-refractivity contribution in [1.82, 2.24) is 4.90 Å². The second-order valence-corrected chi connectivity index (χ2v) is 5.42. The van der Waals surface area contributed by atoms with E-state index in [1.807, 2.05) is 31.3 Å². The van der Waals surface area contributed by atoms with Crippen molar-refractivity contribution in [3.8, 4) is 0 Å². The van der Waals surface area contributed by atoms with Gasteiger partial charge in [-0.2, -0.15) is 0 Å². The Bertz CT molecular complexity index is 439. The maximum absolute atomic E-state index is 12.0. The molecule has 98 valence electrons. The second kappa shape index (κ2) is 5.71. The number of hydrogen-bond donors (Lipinski definition) is 0. The number of rotatable bonds is 2. The van der Waals surface area contributed by atoms with Crippen molar-refractivity contribution in [2.45, 2.75) is 12.5 Å². The second-order valence-electron chi connectivity index (χ2n) is 4.57. The van der Waals surface area contributed by atoms with Gasteiger partial charge < -0.3 is 9.64 Å². The molecule has 1 fully saturated rings. The Kier molecular flexibility index (Phi) is 4.24. The topological polar surface area (TPSA) is 32.8 Å². The fourth-order valence-corrected chi connectivity index (χ4v) is 2.59. The predicted octanol–water partition coefficient (Wildman–Crippen LogP) is 2.73. The summed E-state index contributed by atoms with van der Waals surface area (Å²) in [7, 11) is 3.76. The molecule has 0 bridgehead atoms. The van der Waals surface area contributed by atoms with Crippen LogP contribution in [-0.2, 0) is 4.74 Å². The van der Waals surface area contributed by atoms with Gasteiger partial charge in [0.1, 0.15) is 6.10 Å². The molecule has 4 nitrogen and oxygen atoms in total. The number of halogens is 1. The van der Waals surface area contributed by atoms with E-state index in [9.17, 15) is 4.79 Å². The highest BCUT2D eigenvalue weighted by atomic mass is 79.9. The molecule has 1 amide bonds. The van der Waals surface area contributed by atoms with Crippen LogP contribution in [0.4, 0.5) is 10.5 Å². The normalized spacial score (nSPS) is 19.8. The average molecular weight is 313 g/mol. The lowest BCUT2D eigenvalue weighted by atomic mass is 10.3. The van der Waals surface area contributed by atoms with Crippen molar-refractivity contribution in [2.24, 2.45) is 0 Å². The lowest BCUT2D eigenvalue weighted by Gasteiger charge is -2.21. The molecule has 1 aliphatic heterocycles. The third-order valence-corrected chi connectivity index (χ3v) is 3.77. The number of nitrogens with zero attached hydrogens (tertiary/aromatic N) is 2. The van der Waals surface area contributed by atoms with E-state index in [2.05, 4.69) is 20.8 Å². The summed E-state index contributed by atoms with van der Waals surface area (Å²) in [5.74, 6) is 0. The molecule has 0 spiro atoms. The van der Waals surface area contributed by atoms with Crippen molar-refractivity contribution in [2.75, 3.05) is 32.1 Å². The molecule has 1 atom stereocenters. The summed E-state index contributed by atoms with van der Waals surface area (Å²) in [6.45, 7) is 1.80. The third-order valence-electron chi connectivity index (χ3n) is 3.10. The average Bonchev–Trinajstić information content (AvgIpc) is 2.74. The lowest BCUT2D eigenvalue weighted by molar-refractivity contribution is 0.110. The number of benzene rings is 1. The van der Waals surface area contributed by atoms with Crippen molar-refractivity contribution in [1.29, 1.82) is 0 Å². The molecular formula is C13H17BrN2O2. The molecule has 1 aromatic rings. The minimum absolute atomic E-state index is 0.00689. The van der Waals surface area contributed by atoms with Crippen molar-refractivity contribution >= 4 is 27.7 Å². The number of hydrogen-bond acceptors (Lipinski definition) is 3. The molecular weight excluding hydrogens is 296 g/mol. The molecule has 0 radical (unpaired) electrons. The van der Waals surface area contributed by atoms with E-state index in [1.165, 1.54) is 4.90 Å². The van der Waals surface area contributed by atoms with Gasteiger partial charge in [0.05, 0.1) is 5.69 Å². The van der Waals surface area contributed by atoms with Crippen LogP contribution < -0.4 is 4.90 Å². The number of para-hydroxylation sites is 1. The van der Waals surface area contributed by atoms with Crippen LogP contribution in [0.25, 0.3) is 0 Å². The summed E-state index contributed by atoms with van der Waals surface area (Å²) in [5, 5.41) is 0. The fourth-order valence-electron chi connectivity index (χ4n) is 2.03. The highest BCUT2D eigenvalue weighted by molar-refractivity contribution is 9.10. The Balaban J connectivity index is 1.99. The molecule has 5 heteroatoms. The van der Waals surface area contributed by atoms with Gasteiger partial charge in [-0.25, -0.2) is 4.79 Å². The first-order valence-corrected chi connectivity index (χ1v) is 6.74. The van der Waals surface area contributed by atoms with Crippen LogP contribution in [0.5, 0.6) is 0 Å². The minimum atomic E-state index is -0.304. The highest BCUT2D eigenvalue weighted by Crippen LogP contribution is 2.25. The molecule has 0 N–H and O–H groups in total. The van der Waals surface area contributed by atoms with E-state index in [1.54, 1.807) is 7.05 Å². The molecule has 1 aromatic carbocycles. The van der Waals surface area contributed by atoms with Crippen LogP contribution in [0.3, 0.4) is 0 Å². The zero-order valence-electron chi connectivity index (χ0n) is 10.6. The monoisotopic (exact) mass is 312 g/mol. The number of carbonyl (C=O) groups excluding carboxylic acids is 1. The summed E-state index contributed by atoms with van der Waals surface area (Å²) >= 11 is 3.43. The summed E-state index contributed by atoms with van der Waals surface area (Å²) in [6, 6.07) is 7.60. The van der Waals surface area contributed by atoms with E-state index >= 15 is 0 Å². The van der Waals surface area contributed by atoms with Crippen molar-refractivity contribution < 1.29 is 9.53 Å². The zero-order chi connectivity index (χ0) is 13.1. The van der Waals surface area contributed by atoms with E-state index in [0.29, 0.717) is 0 Å². The highest BCUT2D eigenvalue weighted by Gasteiger charge is 2.25. The van der Waals surface area contributed by atoms with Crippen molar-refractivity contribution in [3.05, 3.63) is 28.7 Å². The van der Waals surface area contributed by atoms with Gasteiger partial charge in [0.15, 0.2) is 0 Å². The van der Waals surface area contributed by atoms with E-state index < -0.39 is 0 Å². The molecule has 0 aliphatic carbocycles. The summed E-state index contributed by atoms with van der Waals surface area (Å²) < 4.78 is 6.36. The van der Waals surface area contributed by atoms with Gasteiger partial charge >= 0.3 is 6.09 Å². The summed E-state index contributed by atoms with van der Waals surface area (Å²) in [6.07, 6.45) is 0.612. The van der Waals surface area contributed by atoms with E-state index in [0.717, 1.165) is 29.7 Å². The van der Waals surface area contributed by atoms with Crippen LogP contribution in [-0.4, -0.2) is 44.3 Å². The number of carbonyl (C=O) groups is 1. The van der Waals surface area contributed by atoms with Gasteiger partial charge in [-0.15, -0.1) is 0 Å². The zero-order valence-corrected chi connectivity index (χ0v) is 12.2. The molecule has 2 rings (SSSR count). The first kappa shape index (κ1) is 13.4. The maximum atomic E-state index is 12.0. The van der Waals surface area contributed by atoms with Crippen molar-refractivity contribution in [3.63, 3.8) is 0 Å². The van der Waals surface area contributed by atoms with Crippen LogP contribution >= 0.6 is 15.9 Å². The third kappa shape index (κ3) is 3.03. The lowest BCUT2D eigenvalue weighted by Crippen LogP contribution is -2.32. The van der Waals surface area contributed by atoms with Crippen LogP contribution in [0.1, 0.15) is 6.42 Å². The molecule has 18 heavy (non-hydrogen) atoms. The maximum Gasteiger partial charge on any atom is 0.414 e. The number of amides is 1.